The van der Waals surface area contributed by atoms with Crippen molar-refractivity contribution in [1.82, 2.24) is 0 Å². The lowest BCUT2D eigenvalue weighted by Crippen LogP contribution is -2.28. The Kier molecular flexibility index (Phi) is 6.29. The Balaban J connectivity index is 2.35. The van der Waals surface area contributed by atoms with Crippen LogP contribution in [0.4, 0.5) is 0 Å². The Morgan fingerprint density at radius 3 is 2.94 bits per heavy atom. The highest BCUT2D eigenvalue weighted by molar-refractivity contribution is 7.47. The maximum absolute atomic E-state index is 11.4. The van der Waals surface area contributed by atoms with Gasteiger partial charge in [-0.25, -0.2) is 4.57 Å². The number of nitriles is 1. The highest BCUT2D eigenvalue weighted by Gasteiger charge is 2.35. The Morgan fingerprint density at radius 2 is 2.33 bits per heavy atom. The standard InChI is InChI=1S/C9H15BNO6P/c1-14-7-5-9(10)17-8(7)6-16-18(12,13)15-4-2-3-11/h7-9H,2,4-6H2,1H3,(H,12,13)/t7-,8?,9-/m1/s1. The highest BCUT2D eigenvalue weighted by Crippen LogP contribution is 2.43. The van der Waals surface area contributed by atoms with Crippen LogP contribution in [0.2, 0.25) is 0 Å². The summed E-state index contributed by atoms with van der Waals surface area (Å²) in [7, 11) is 2.91. The molecule has 0 aromatic heterocycles. The van der Waals surface area contributed by atoms with E-state index in [0.29, 0.717) is 6.42 Å². The minimum absolute atomic E-state index is 0.0133. The molecule has 2 unspecified atom stereocenters. The van der Waals surface area contributed by atoms with Crippen molar-refractivity contribution in [2.75, 3.05) is 20.3 Å². The van der Waals surface area contributed by atoms with Crippen LogP contribution >= 0.6 is 7.82 Å². The molecule has 2 radical (unpaired) electrons. The second kappa shape index (κ2) is 7.24. The van der Waals surface area contributed by atoms with Gasteiger partial charge in [0.15, 0.2) is 0 Å². The summed E-state index contributed by atoms with van der Waals surface area (Å²) >= 11 is 0. The van der Waals surface area contributed by atoms with Gasteiger partial charge in [0.25, 0.3) is 0 Å². The summed E-state index contributed by atoms with van der Waals surface area (Å²) in [6.45, 7) is -0.324. The molecular weight excluding hydrogens is 260 g/mol. The van der Waals surface area contributed by atoms with Gasteiger partial charge in [0.2, 0.25) is 0 Å². The van der Waals surface area contributed by atoms with Gasteiger partial charge in [0.05, 0.1) is 31.8 Å². The summed E-state index contributed by atoms with van der Waals surface area (Å²) in [4.78, 5) is 9.30. The Hall–Kier alpha value is -0.415. The van der Waals surface area contributed by atoms with Gasteiger partial charge in [-0.1, -0.05) is 0 Å². The van der Waals surface area contributed by atoms with Crippen LogP contribution in [0, 0.1) is 11.3 Å². The van der Waals surface area contributed by atoms with E-state index >= 15 is 0 Å². The minimum Gasteiger partial charge on any atom is -0.380 e. The molecule has 4 atom stereocenters. The SMILES string of the molecule is [B][C@H]1C[C@@H](OC)C(COP(=O)(O)OCCC#N)O1. The molecule has 0 aliphatic carbocycles. The molecule has 0 aromatic rings. The molecule has 1 saturated heterocycles. The average molecular weight is 275 g/mol. The maximum atomic E-state index is 11.4. The number of phosphoric ester groups is 1. The number of ether oxygens (including phenoxy) is 2. The second-order valence-electron chi connectivity index (χ2n) is 3.73. The van der Waals surface area contributed by atoms with E-state index in [1.54, 1.807) is 6.07 Å². The van der Waals surface area contributed by atoms with Gasteiger partial charge in [-0.05, 0) is 6.42 Å². The zero-order valence-corrected chi connectivity index (χ0v) is 10.9. The summed E-state index contributed by atoms with van der Waals surface area (Å²) in [5, 5.41) is 8.27. The molecule has 0 spiro atoms. The Morgan fingerprint density at radius 1 is 1.61 bits per heavy atom. The largest absolute Gasteiger partial charge is 0.472 e. The molecule has 1 fully saturated rings. The number of methoxy groups -OCH3 is 1. The van der Waals surface area contributed by atoms with Crippen LogP contribution in [-0.4, -0.2) is 51.3 Å². The monoisotopic (exact) mass is 275 g/mol. The molecule has 18 heavy (non-hydrogen) atoms. The van der Waals surface area contributed by atoms with Gasteiger partial charge in [0, 0.05) is 13.1 Å². The Bertz CT molecular complexity index is 348. The number of phosphoric acid groups is 1. The highest BCUT2D eigenvalue weighted by atomic mass is 31.2. The van der Waals surface area contributed by atoms with Crippen LogP contribution in [0.25, 0.3) is 0 Å². The number of rotatable bonds is 7. The summed E-state index contributed by atoms with van der Waals surface area (Å²) in [6, 6.07) is 1.31. The van der Waals surface area contributed by atoms with Crippen LogP contribution in [-0.2, 0) is 23.1 Å². The van der Waals surface area contributed by atoms with Crippen LogP contribution in [0.15, 0.2) is 0 Å². The first-order valence-corrected chi connectivity index (χ1v) is 6.90. The van der Waals surface area contributed by atoms with Crippen molar-refractivity contribution in [1.29, 1.82) is 5.26 Å². The molecule has 0 aromatic carbocycles. The lowest BCUT2D eigenvalue weighted by Gasteiger charge is -2.19. The molecule has 0 saturated carbocycles. The summed E-state index contributed by atoms with van der Waals surface area (Å²) in [5.74, 6) is 0. The van der Waals surface area contributed by atoms with Crippen molar-refractivity contribution in [3.8, 4) is 6.07 Å². The Labute approximate surface area is 107 Å². The van der Waals surface area contributed by atoms with Gasteiger partial charge in [0.1, 0.15) is 14.0 Å². The molecule has 1 aliphatic rings. The minimum atomic E-state index is -4.16. The molecule has 0 bridgehead atoms. The van der Waals surface area contributed by atoms with E-state index in [-0.39, 0.29) is 25.7 Å². The zero-order valence-electron chi connectivity index (χ0n) is 10.0. The summed E-state index contributed by atoms with van der Waals surface area (Å²) in [6.07, 6.45) is -0.279. The van der Waals surface area contributed by atoms with Gasteiger partial charge in [-0.2, -0.15) is 5.26 Å². The average Bonchev–Trinajstić information content (AvgIpc) is 2.67. The first-order valence-electron chi connectivity index (χ1n) is 5.41. The number of hydrogen-bond acceptors (Lipinski definition) is 6. The van der Waals surface area contributed by atoms with E-state index in [0.717, 1.165) is 0 Å². The fraction of sp³-hybridized carbons (Fsp3) is 0.889. The van der Waals surface area contributed by atoms with E-state index in [2.05, 4.69) is 4.52 Å². The first kappa shape index (κ1) is 15.6. The fourth-order valence-electron chi connectivity index (χ4n) is 1.55. The molecule has 1 rings (SSSR count). The maximum Gasteiger partial charge on any atom is 0.472 e. The van der Waals surface area contributed by atoms with E-state index in [1.807, 2.05) is 0 Å². The summed E-state index contributed by atoms with van der Waals surface area (Å²) in [5.41, 5.74) is 0. The van der Waals surface area contributed by atoms with Crippen molar-refractivity contribution in [2.45, 2.75) is 31.1 Å². The van der Waals surface area contributed by atoms with Crippen molar-refractivity contribution >= 4 is 15.7 Å². The van der Waals surface area contributed by atoms with Gasteiger partial charge >= 0.3 is 7.82 Å². The van der Waals surface area contributed by atoms with E-state index in [1.165, 1.54) is 7.11 Å². The second-order valence-corrected chi connectivity index (χ2v) is 5.18. The molecular formula is C9H15BNO6P. The van der Waals surface area contributed by atoms with Gasteiger partial charge in [-0.15, -0.1) is 0 Å². The topological polar surface area (TPSA) is 98.0 Å². The molecule has 1 heterocycles. The lowest BCUT2D eigenvalue weighted by atomic mass is 9.96. The lowest BCUT2D eigenvalue weighted by molar-refractivity contribution is -0.0221. The first-order chi connectivity index (χ1) is 8.48. The van der Waals surface area contributed by atoms with Gasteiger partial charge in [-0.3, -0.25) is 9.05 Å². The van der Waals surface area contributed by atoms with Crippen LogP contribution in [0.1, 0.15) is 12.8 Å². The van der Waals surface area contributed by atoms with Crippen molar-refractivity contribution in [3.63, 3.8) is 0 Å². The molecule has 9 heteroatoms. The quantitative estimate of drug-likeness (QED) is 0.406. The number of nitrogens with zero attached hydrogens (tertiary/aromatic N) is 1. The predicted molar refractivity (Wildman–Crippen MR) is 61.8 cm³/mol. The van der Waals surface area contributed by atoms with Crippen LogP contribution in [0.3, 0.4) is 0 Å². The fourth-order valence-corrected chi connectivity index (χ4v) is 2.29. The van der Waals surface area contributed by atoms with E-state index < -0.39 is 19.9 Å². The van der Waals surface area contributed by atoms with E-state index in [4.69, 9.17) is 27.1 Å². The van der Waals surface area contributed by atoms with Crippen molar-refractivity contribution in [2.24, 2.45) is 0 Å². The van der Waals surface area contributed by atoms with Crippen LogP contribution in [0.5, 0.6) is 0 Å². The van der Waals surface area contributed by atoms with E-state index in [9.17, 15) is 9.46 Å². The molecule has 1 aliphatic heterocycles. The third-order valence-electron chi connectivity index (χ3n) is 2.40. The molecule has 7 nitrogen and oxygen atoms in total. The predicted octanol–water partition coefficient (Wildman–Crippen LogP) is 0.332. The molecule has 100 valence electrons. The van der Waals surface area contributed by atoms with Crippen molar-refractivity contribution in [3.05, 3.63) is 0 Å². The van der Waals surface area contributed by atoms with Gasteiger partial charge < -0.3 is 14.4 Å². The number of hydrogen-bond donors (Lipinski definition) is 1. The third-order valence-corrected chi connectivity index (χ3v) is 3.39. The summed E-state index contributed by atoms with van der Waals surface area (Å²) < 4.78 is 31.1. The smallest absolute Gasteiger partial charge is 0.380 e. The molecule has 0 amide bonds. The van der Waals surface area contributed by atoms with Crippen LogP contribution < -0.4 is 0 Å². The molecule has 1 N–H and O–H groups in total. The van der Waals surface area contributed by atoms with Crippen molar-refractivity contribution < 1.29 is 28.0 Å². The normalized spacial score (nSPS) is 30.8. The zero-order chi connectivity index (χ0) is 13.6. The third kappa shape index (κ3) is 5.06.